The van der Waals surface area contributed by atoms with Gasteiger partial charge in [-0.05, 0) is 36.6 Å². The van der Waals surface area contributed by atoms with E-state index in [4.69, 9.17) is 10.5 Å². The average Bonchev–Trinajstić information content (AvgIpc) is 2.54. The normalized spacial score (nSPS) is 11.2. The predicted molar refractivity (Wildman–Crippen MR) is 94.8 cm³/mol. The first-order chi connectivity index (χ1) is 10.7. The molecule has 0 saturated heterocycles. The van der Waals surface area contributed by atoms with Crippen molar-refractivity contribution in [1.29, 1.82) is 0 Å². The van der Waals surface area contributed by atoms with Gasteiger partial charge in [0.1, 0.15) is 5.75 Å². The van der Waals surface area contributed by atoms with E-state index in [-0.39, 0.29) is 18.3 Å². The molecule has 4 nitrogen and oxygen atoms in total. The topological polar surface area (TPSA) is 64.3 Å². The molecule has 0 spiro atoms. The Morgan fingerprint density at radius 1 is 1.13 bits per heavy atom. The number of hydrogen-bond acceptors (Lipinski definition) is 3. The lowest BCUT2D eigenvalue weighted by molar-refractivity contribution is -0.122. The van der Waals surface area contributed by atoms with Gasteiger partial charge in [0.25, 0.3) is 0 Å². The van der Waals surface area contributed by atoms with Crippen LogP contribution in [0.2, 0.25) is 0 Å². The molecule has 1 atom stereocenters. The highest BCUT2D eigenvalue weighted by Gasteiger charge is 2.13. The van der Waals surface area contributed by atoms with Crippen LogP contribution in [-0.4, -0.2) is 18.6 Å². The largest absolute Gasteiger partial charge is 0.494 e. The summed E-state index contributed by atoms with van der Waals surface area (Å²) in [6.07, 6.45) is 0.533. The van der Waals surface area contributed by atoms with E-state index in [1.165, 1.54) is 0 Å². The zero-order chi connectivity index (χ0) is 15.8. The van der Waals surface area contributed by atoms with Crippen LogP contribution in [0.5, 0.6) is 5.75 Å². The molecule has 124 valence electrons. The van der Waals surface area contributed by atoms with Gasteiger partial charge in [0.15, 0.2) is 0 Å². The zero-order valence-corrected chi connectivity index (χ0v) is 14.0. The number of carbonyl (C=O) groups excluding carboxylic acids is 1. The lowest BCUT2D eigenvalue weighted by Crippen LogP contribution is -2.41. The Kier molecular flexibility index (Phi) is 8.16. The zero-order valence-electron chi connectivity index (χ0n) is 13.2. The Balaban J connectivity index is 0.00000264. The molecule has 5 heteroatoms. The van der Waals surface area contributed by atoms with Crippen molar-refractivity contribution in [1.82, 2.24) is 5.32 Å². The molecule has 0 radical (unpaired) electrons. The molecule has 0 aliphatic rings. The third-order valence-corrected chi connectivity index (χ3v) is 3.31. The highest BCUT2D eigenvalue weighted by Crippen LogP contribution is 2.13. The molecule has 0 fully saturated rings. The Hall–Kier alpha value is -2.04. The van der Waals surface area contributed by atoms with Gasteiger partial charge < -0.3 is 15.8 Å². The molecule has 2 aromatic carbocycles. The minimum atomic E-state index is -0.544. The second-order valence-corrected chi connectivity index (χ2v) is 5.09. The SMILES string of the molecule is CCOc1cccc(CNC(=O)[C@@H](N)Cc2ccccc2)c1.Cl. The first-order valence-corrected chi connectivity index (χ1v) is 7.48. The third kappa shape index (κ3) is 6.30. The van der Waals surface area contributed by atoms with Crippen molar-refractivity contribution in [3.63, 3.8) is 0 Å². The second kappa shape index (κ2) is 9.87. The Labute approximate surface area is 143 Å². The molecule has 0 aliphatic heterocycles. The molecule has 0 heterocycles. The van der Waals surface area contributed by atoms with Crippen LogP contribution in [0.15, 0.2) is 54.6 Å². The van der Waals surface area contributed by atoms with Crippen molar-refractivity contribution < 1.29 is 9.53 Å². The van der Waals surface area contributed by atoms with Gasteiger partial charge in [0, 0.05) is 6.54 Å². The molecule has 0 unspecified atom stereocenters. The van der Waals surface area contributed by atoms with Crippen molar-refractivity contribution >= 4 is 18.3 Å². The average molecular weight is 335 g/mol. The van der Waals surface area contributed by atoms with Gasteiger partial charge in [-0.2, -0.15) is 0 Å². The highest BCUT2D eigenvalue weighted by molar-refractivity contribution is 5.85. The second-order valence-electron chi connectivity index (χ2n) is 5.09. The Bertz CT molecular complexity index is 605. The molecule has 3 N–H and O–H groups in total. The van der Waals surface area contributed by atoms with E-state index in [0.717, 1.165) is 16.9 Å². The third-order valence-electron chi connectivity index (χ3n) is 3.31. The number of carbonyl (C=O) groups is 1. The number of nitrogens with two attached hydrogens (primary N) is 1. The van der Waals surface area contributed by atoms with Crippen molar-refractivity contribution in [2.75, 3.05) is 6.61 Å². The Morgan fingerprint density at radius 2 is 1.83 bits per heavy atom. The Morgan fingerprint density at radius 3 is 2.52 bits per heavy atom. The molecule has 0 bridgehead atoms. The first-order valence-electron chi connectivity index (χ1n) is 7.48. The molecule has 2 aromatic rings. The van der Waals surface area contributed by atoms with Crippen LogP contribution in [0.1, 0.15) is 18.1 Å². The monoisotopic (exact) mass is 334 g/mol. The molecular weight excluding hydrogens is 312 g/mol. The maximum absolute atomic E-state index is 12.1. The smallest absolute Gasteiger partial charge is 0.237 e. The van der Waals surface area contributed by atoms with Gasteiger partial charge in [-0.1, -0.05) is 42.5 Å². The van der Waals surface area contributed by atoms with E-state index in [1.54, 1.807) is 0 Å². The molecule has 0 aromatic heterocycles. The van der Waals surface area contributed by atoms with E-state index in [2.05, 4.69) is 5.32 Å². The molecule has 0 saturated carbocycles. The molecule has 23 heavy (non-hydrogen) atoms. The van der Waals surface area contributed by atoms with Crippen molar-refractivity contribution in [2.24, 2.45) is 5.73 Å². The van der Waals surface area contributed by atoms with Crippen LogP contribution < -0.4 is 15.8 Å². The number of hydrogen-bond donors (Lipinski definition) is 2. The fourth-order valence-corrected chi connectivity index (χ4v) is 2.19. The molecule has 2 rings (SSSR count). The number of ether oxygens (including phenoxy) is 1. The number of halogens is 1. The number of nitrogens with one attached hydrogen (secondary N) is 1. The molecule has 1 amide bonds. The summed E-state index contributed by atoms with van der Waals surface area (Å²) in [7, 11) is 0. The van der Waals surface area contributed by atoms with Crippen LogP contribution in [0.3, 0.4) is 0 Å². The van der Waals surface area contributed by atoms with Crippen LogP contribution in [0.25, 0.3) is 0 Å². The fourth-order valence-electron chi connectivity index (χ4n) is 2.19. The van der Waals surface area contributed by atoms with Gasteiger partial charge in [0.2, 0.25) is 5.91 Å². The van der Waals surface area contributed by atoms with Crippen LogP contribution >= 0.6 is 12.4 Å². The maximum atomic E-state index is 12.1. The van der Waals surface area contributed by atoms with E-state index >= 15 is 0 Å². The van der Waals surface area contributed by atoms with Gasteiger partial charge in [-0.3, -0.25) is 4.79 Å². The lowest BCUT2D eigenvalue weighted by Gasteiger charge is -2.13. The summed E-state index contributed by atoms with van der Waals surface area (Å²) in [5, 5.41) is 2.87. The van der Waals surface area contributed by atoms with E-state index in [9.17, 15) is 4.79 Å². The summed E-state index contributed by atoms with van der Waals surface area (Å²) < 4.78 is 5.44. The van der Waals surface area contributed by atoms with Gasteiger partial charge in [-0.15, -0.1) is 12.4 Å². The minimum absolute atomic E-state index is 0. The van der Waals surface area contributed by atoms with E-state index < -0.39 is 6.04 Å². The number of benzene rings is 2. The van der Waals surface area contributed by atoms with Crippen LogP contribution in [0.4, 0.5) is 0 Å². The van der Waals surface area contributed by atoms with E-state index in [0.29, 0.717) is 19.6 Å². The number of rotatable bonds is 7. The summed E-state index contributed by atoms with van der Waals surface area (Å²) >= 11 is 0. The molecule has 0 aliphatic carbocycles. The fraction of sp³-hybridized carbons (Fsp3) is 0.278. The number of amides is 1. The standard InChI is InChI=1S/C18H22N2O2.ClH/c1-2-22-16-10-6-9-15(11-16)13-20-18(21)17(19)12-14-7-4-3-5-8-14;/h3-11,17H,2,12-13,19H2,1H3,(H,20,21);1H/t17-;/m0./s1. The summed E-state index contributed by atoms with van der Waals surface area (Å²) in [5.41, 5.74) is 8.00. The summed E-state index contributed by atoms with van der Waals surface area (Å²) in [6, 6.07) is 16.9. The van der Waals surface area contributed by atoms with Gasteiger partial charge in [0.05, 0.1) is 12.6 Å². The highest BCUT2D eigenvalue weighted by atomic mass is 35.5. The van der Waals surface area contributed by atoms with Crippen LogP contribution in [0, 0.1) is 0 Å². The van der Waals surface area contributed by atoms with Crippen molar-refractivity contribution in [2.45, 2.75) is 25.9 Å². The van der Waals surface area contributed by atoms with E-state index in [1.807, 2.05) is 61.5 Å². The minimum Gasteiger partial charge on any atom is -0.494 e. The summed E-state index contributed by atoms with van der Waals surface area (Å²) in [5.74, 6) is 0.661. The van der Waals surface area contributed by atoms with Crippen molar-refractivity contribution in [3.8, 4) is 5.75 Å². The van der Waals surface area contributed by atoms with Gasteiger partial charge in [-0.25, -0.2) is 0 Å². The lowest BCUT2D eigenvalue weighted by atomic mass is 10.1. The summed E-state index contributed by atoms with van der Waals surface area (Å²) in [6.45, 7) is 3.01. The summed E-state index contributed by atoms with van der Waals surface area (Å²) in [4.78, 5) is 12.1. The van der Waals surface area contributed by atoms with Crippen LogP contribution in [-0.2, 0) is 17.8 Å². The van der Waals surface area contributed by atoms with Crippen molar-refractivity contribution in [3.05, 3.63) is 65.7 Å². The quantitative estimate of drug-likeness (QED) is 0.818. The molecular formula is C18H23ClN2O2. The maximum Gasteiger partial charge on any atom is 0.237 e. The first kappa shape index (κ1) is 19.0. The van der Waals surface area contributed by atoms with Gasteiger partial charge >= 0.3 is 0 Å². The predicted octanol–water partition coefficient (Wildman–Crippen LogP) is 2.69.